The van der Waals surface area contributed by atoms with Gasteiger partial charge in [-0.3, -0.25) is 4.79 Å². The first-order chi connectivity index (χ1) is 12.4. The highest BCUT2D eigenvalue weighted by Gasteiger charge is 2.58. The maximum absolute atomic E-state index is 13.3. The van der Waals surface area contributed by atoms with Gasteiger partial charge < -0.3 is 15.5 Å². The number of aromatic nitrogens is 1. The summed E-state index contributed by atoms with van der Waals surface area (Å²) in [5, 5.41) is 22.6. The lowest BCUT2D eigenvalue weighted by molar-refractivity contribution is -0.267. The maximum atomic E-state index is 13.3. The van der Waals surface area contributed by atoms with Crippen LogP contribution in [0.5, 0.6) is 0 Å². The average molecular weight is 410 g/mol. The largest absolute Gasteiger partial charge is 0.424 e. The third-order valence-corrected chi connectivity index (χ3v) is 4.79. The minimum absolute atomic E-state index is 0.0733. The van der Waals surface area contributed by atoms with Crippen LogP contribution in [0.15, 0.2) is 23.6 Å². The molecule has 0 aliphatic heterocycles. The van der Waals surface area contributed by atoms with Crippen LogP contribution in [0.1, 0.15) is 28.8 Å². The van der Waals surface area contributed by atoms with Crippen LogP contribution in [0.3, 0.4) is 0 Å². The van der Waals surface area contributed by atoms with Crippen molar-refractivity contribution in [1.82, 2.24) is 10.3 Å². The third-order valence-electron chi connectivity index (χ3n) is 3.68. The summed E-state index contributed by atoms with van der Waals surface area (Å²) in [6.45, 7) is 0.879. The number of carbonyl (C=O) groups is 1. The van der Waals surface area contributed by atoms with Gasteiger partial charge in [0.25, 0.3) is 0 Å². The number of carbonyl (C=O) groups excluding carboxylic acids is 1. The van der Waals surface area contributed by atoms with Gasteiger partial charge in [-0.2, -0.15) is 13.2 Å². The number of rotatable bonds is 6. The zero-order valence-corrected chi connectivity index (χ0v) is 14.7. The van der Waals surface area contributed by atoms with Crippen molar-refractivity contribution in [3.63, 3.8) is 0 Å². The molecule has 1 aromatic carbocycles. The van der Waals surface area contributed by atoms with E-state index in [-0.39, 0.29) is 11.3 Å². The Morgan fingerprint density at radius 1 is 1.30 bits per heavy atom. The van der Waals surface area contributed by atoms with E-state index in [1.807, 2.05) is 5.32 Å². The van der Waals surface area contributed by atoms with Crippen LogP contribution < -0.4 is 5.32 Å². The molecule has 1 aromatic heterocycles. The van der Waals surface area contributed by atoms with Gasteiger partial charge in [-0.15, -0.1) is 11.3 Å². The summed E-state index contributed by atoms with van der Waals surface area (Å²) in [6.07, 6.45) is -8.01. The van der Waals surface area contributed by atoms with Crippen LogP contribution in [-0.4, -0.2) is 33.8 Å². The zero-order chi connectivity index (χ0) is 20.4. The van der Waals surface area contributed by atoms with Crippen molar-refractivity contribution in [3.8, 4) is 0 Å². The van der Waals surface area contributed by atoms with E-state index in [4.69, 9.17) is 0 Å². The molecule has 0 unspecified atom stereocenters. The Balaban J connectivity index is 2.07. The molecule has 0 saturated heterocycles. The number of thiazole rings is 1. The van der Waals surface area contributed by atoms with Crippen molar-refractivity contribution < 1.29 is 37.0 Å². The highest BCUT2D eigenvalue weighted by Crippen LogP contribution is 2.42. The number of nitrogens with zero attached hydrogens (tertiary/aromatic N) is 1. The Morgan fingerprint density at radius 2 is 1.96 bits per heavy atom. The summed E-state index contributed by atoms with van der Waals surface area (Å²) in [5.74, 6) is -3.56. The number of aliphatic hydroxyl groups is 2. The van der Waals surface area contributed by atoms with Gasteiger partial charge in [0.05, 0.1) is 12.5 Å². The fraction of sp³-hybridized carbons (Fsp3) is 0.375. The Labute approximate surface area is 154 Å². The van der Waals surface area contributed by atoms with E-state index in [0.29, 0.717) is 17.4 Å². The number of halogens is 5. The van der Waals surface area contributed by atoms with Crippen molar-refractivity contribution in [3.05, 3.63) is 51.5 Å². The smallest absolute Gasteiger partial charge is 0.387 e. The summed E-state index contributed by atoms with van der Waals surface area (Å²) < 4.78 is 66.0. The lowest BCUT2D eigenvalue weighted by Crippen LogP contribution is -2.46. The van der Waals surface area contributed by atoms with Gasteiger partial charge in [0, 0.05) is 17.6 Å². The van der Waals surface area contributed by atoms with Crippen molar-refractivity contribution in [2.45, 2.75) is 31.2 Å². The number of alkyl halides is 3. The second-order valence-electron chi connectivity index (χ2n) is 5.82. The zero-order valence-electron chi connectivity index (χ0n) is 13.8. The van der Waals surface area contributed by atoms with Crippen LogP contribution in [0.25, 0.3) is 0 Å². The summed E-state index contributed by atoms with van der Waals surface area (Å²) >= 11 is 0.562. The molecule has 11 heteroatoms. The highest BCUT2D eigenvalue weighted by molar-refractivity contribution is 7.09. The Hall–Kier alpha value is -2.11. The van der Waals surface area contributed by atoms with E-state index in [0.717, 1.165) is 12.1 Å². The van der Waals surface area contributed by atoms with Crippen LogP contribution in [0.2, 0.25) is 0 Å². The molecule has 148 valence electrons. The molecule has 3 N–H and O–H groups in total. The van der Waals surface area contributed by atoms with Gasteiger partial charge in [-0.25, -0.2) is 13.8 Å². The number of hydrogen-bond donors (Lipinski definition) is 3. The molecule has 5 nitrogen and oxygen atoms in total. The Kier molecular flexibility index (Phi) is 6.17. The first kappa shape index (κ1) is 21.2. The Bertz CT molecular complexity index is 827. The normalized spacial score (nSPS) is 15.3. The quantitative estimate of drug-likeness (QED) is 0.640. The van der Waals surface area contributed by atoms with Gasteiger partial charge in [0.1, 0.15) is 5.01 Å². The van der Waals surface area contributed by atoms with Crippen molar-refractivity contribution in [2.24, 2.45) is 0 Å². The molecule has 1 heterocycles. The molecular weight excluding hydrogens is 395 g/mol. The highest BCUT2D eigenvalue weighted by atomic mass is 32.1. The van der Waals surface area contributed by atoms with Gasteiger partial charge in [-0.05, 0) is 24.6 Å². The van der Waals surface area contributed by atoms with E-state index in [9.17, 15) is 37.0 Å². The van der Waals surface area contributed by atoms with Gasteiger partial charge in [0.2, 0.25) is 11.5 Å². The summed E-state index contributed by atoms with van der Waals surface area (Å²) in [4.78, 5) is 15.5. The molecule has 0 radical (unpaired) electrons. The summed E-state index contributed by atoms with van der Waals surface area (Å²) in [6, 6.07) is 2.54. The molecule has 1 amide bonds. The van der Waals surface area contributed by atoms with E-state index in [1.165, 1.54) is 12.3 Å². The summed E-state index contributed by atoms with van der Waals surface area (Å²) in [7, 11) is 0. The number of aliphatic hydroxyl groups excluding tert-OH is 1. The molecule has 0 bridgehead atoms. The van der Waals surface area contributed by atoms with E-state index in [2.05, 4.69) is 4.98 Å². The molecular formula is C16H15F5N2O3S. The minimum atomic E-state index is -5.16. The second-order valence-corrected chi connectivity index (χ2v) is 6.68. The van der Waals surface area contributed by atoms with Crippen molar-refractivity contribution in [1.29, 1.82) is 0 Å². The molecule has 2 rings (SSSR count). The fourth-order valence-corrected chi connectivity index (χ4v) is 3.10. The molecule has 0 aliphatic carbocycles. The predicted molar refractivity (Wildman–Crippen MR) is 85.7 cm³/mol. The molecule has 27 heavy (non-hydrogen) atoms. The SMILES string of the molecule is Cc1csc([C@](O)(CC(=O)NC[C@H](O)c2ccc(F)c(F)c2)C(F)(F)F)n1. The predicted octanol–water partition coefficient (Wildman–Crippen LogP) is 2.72. The average Bonchev–Trinajstić information content (AvgIpc) is 3.01. The van der Waals surface area contributed by atoms with Crippen LogP contribution in [0, 0.1) is 18.6 Å². The Morgan fingerprint density at radius 3 is 2.48 bits per heavy atom. The number of nitrogens with one attached hydrogen (secondary N) is 1. The van der Waals surface area contributed by atoms with E-state index >= 15 is 0 Å². The standard InChI is InChI=1S/C16H15F5N2O3S/c1-8-7-27-14(23-8)15(26,16(19,20)21)5-13(25)22-6-12(24)9-2-3-10(17)11(18)4-9/h2-4,7,12,24,26H,5-6H2,1H3,(H,22,25)/t12-,15+/m0/s1. The lowest BCUT2D eigenvalue weighted by Gasteiger charge is -2.28. The number of hydrogen-bond acceptors (Lipinski definition) is 5. The first-order valence-corrected chi connectivity index (χ1v) is 8.43. The van der Waals surface area contributed by atoms with Gasteiger partial charge >= 0.3 is 6.18 Å². The van der Waals surface area contributed by atoms with Gasteiger partial charge in [0.15, 0.2) is 11.6 Å². The van der Waals surface area contributed by atoms with Crippen LogP contribution >= 0.6 is 11.3 Å². The number of amides is 1. The van der Waals surface area contributed by atoms with Gasteiger partial charge in [-0.1, -0.05) is 6.07 Å². The van der Waals surface area contributed by atoms with Crippen molar-refractivity contribution in [2.75, 3.05) is 6.54 Å². The summed E-state index contributed by atoms with van der Waals surface area (Å²) in [5.41, 5.74) is -3.30. The molecule has 0 aliphatic rings. The number of benzene rings is 1. The molecule has 0 spiro atoms. The van der Waals surface area contributed by atoms with Crippen LogP contribution in [-0.2, 0) is 10.4 Å². The monoisotopic (exact) mass is 410 g/mol. The minimum Gasteiger partial charge on any atom is -0.387 e. The molecule has 2 aromatic rings. The molecule has 2 atom stereocenters. The van der Waals surface area contributed by atoms with E-state index < -0.39 is 53.4 Å². The molecule has 0 fully saturated rings. The second kappa shape index (κ2) is 7.87. The maximum Gasteiger partial charge on any atom is 0.424 e. The van der Waals surface area contributed by atoms with E-state index in [1.54, 1.807) is 0 Å². The lowest BCUT2D eigenvalue weighted by atomic mass is 9.99. The first-order valence-electron chi connectivity index (χ1n) is 7.55. The molecule has 0 saturated carbocycles. The third kappa shape index (κ3) is 4.79. The number of aryl methyl sites for hydroxylation is 1. The fourth-order valence-electron chi connectivity index (χ4n) is 2.18. The van der Waals surface area contributed by atoms with Crippen molar-refractivity contribution >= 4 is 17.2 Å². The van der Waals surface area contributed by atoms with Crippen LogP contribution in [0.4, 0.5) is 22.0 Å². The topological polar surface area (TPSA) is 82.5 Å².